The van der Waals surface area contributed by atoms with Gasteiger partial charge >= 0.3 is 5.97 Å². The Morgan fingerprint density at radius 3 is 2.69 bits per heavy atom. The molecule has 2 aromatic rings. The zero-order valence-corrected chi connectivity index (χ0v) is 9.67. The third-order valence-electron chi connectivity index (χ3n) is 2.60. The first-order chi connectivity index (χ1) is 7.50. The lowest BCUT2D eigenvalue weighted by molar-refractivity contribution is 0.0696. The molecule has 0 saturated carbocycles. The van der Waals surface area contributed by atoms with Gasteiger partial charge < -0.3 is 5.11 Å². The minimum absolute atomic E-state index is 0.231. The fourth-order valence-corrected chi connectivity index (χ4v) is 1.82. The van der Waals surface area contributed by atoms with Crippen LogP contribution in [0.1, 0.15) is 21.6 Å². The van der Waals surface area contributed by atoms with Gasteiger partial charge in [0.25, 0.3) is 0 Å². The predicted octanol–water partition coefficient (Wildman–Crippen LogP) is 3.20. The molecule has 1 aromatic carbocycles. The van der Waals surface area contributed by atoms with Crippen molar-refractivity contribution in [2.75, 3.05) is 0 Å². The molecule has 0 atom stereocenters. The Bertz CT molecular complexity index is 593. The van der Waals surface area contributed by atoms with Crippen molar-refractivity contribution in [1.29, 1.82) is 0 Å². The number of fused-ring (bicyclic) bond motifs is 1. The number of carboxylic acid groups (broad SMARTS) is 1. The summed E-state index contributed by atoms with van der Waals surface area (Å²) in [6.45, 7) is 3.56. The number of carbonyl (C=O) groups is 1. The van der Waals surface area contributed by atoms with E-state index in [0.717, 1.165) is 16.5 Å². The topological polar surface area (TPSA) is 50.2 Å². The second kappa shape index (κ2) is 3.76. The van der Waals surface area contributed by atoms with Gasteiger partial charge in [0.15, 0.2) is 0 Å². The number of benzene rings is 1. The molecule has 0 bridgehead atoms. The summed E-state index contributed by atoms with van der Waals surface area (Å²) in [5, 5.41) is 10.4. The molecule has 4 heteroatoms. The van der Waals surface area contributed by atoms with E-state index in [9.17, 15) is 4.79 Å². The molecule has 1 aromatic heterocycles. The number of aryl methyl sites for hydroxylation is 2. The van der Waals surface area contributed by atoms with Crippen LogP contribution in [0, 0.1) is 13.8 Å². The van der Waals surface area contributed by atoms with Crippen LogP contribution in [0.3, 0.4) is 0 Å². The SMILES string of the molecule is Cc1nc2c(C)c(Cl)ccc2cc1C(=O)O. The number of aromatic carboxylic acids is 1. The molecular formula is C12H10ClNO2. The molecule has 0 radical (unpaired) electrons. The number of pyridine rings is 1. The highest BCUT2D eigenvalue weighted by atomic mass is 35.5. The van der Waals surface area contributed by atoms with Gasteiger partial charge in [0, 0.05) is 10.4 Å². The minimum atomic E-state index is -0.959. The van der Waals surface area contributed by atoms with E-state index in [1.54, 1.807) is 25.1 Å². The van der Waals surface area contributed by atoms with Crippen molar-refractivity contribution in [3.8, 4) is 0 Å². The van der Waals surface area contributed by atoms with Crippen LogP contribution in [-0.4, -0.2) is 16.1 Å². The Morgan fingerprint density at radius 1 is 1.38 bits per heavy atom. The highest BCUT2D eigenvalue weighted by Crippen LogP contribution is 2.25. The van der Waals surface area contributed by atoms with Crippen LogP contribution in [0.4, 0.5) is 0 Å². The number of hydrogen-bond acceptors (Lipinski definition) is 2. The Hall–Kier alpha value is -1.61. The first kappa shape index (κ1) is 10.9. The van der Waals surface area contributed by atoms with E-state index in [0.29, 0.717) is 10.7 Å². The zero-order valence-electron chi connectivity index (χ0n) is 8.91. The maximum atomic E-state index is 11.0. The van der Waals surface area contributed by atoms with E-state index in [1.807, 2.05) is 6.92 Å². The molecule has 2 rings (SSSR count). The van der Waals surface area contributed by atoms with Crippen molar-refractivity contribution in [2.45, 2.75) is 13.8 Å². The lowest BCUT2D eigenvalue weighted by Gasteiger charge is -2.07. The van der Waals surface area contributed by atoms with Crippen molar-refractivity contribution in [1.82, 2.24) is 4.98 Å². The highest BCUT2D eigenvalue weighted by molar-refractivity contribution is 6.32. The van der Waals surface area contributed by atoms with Crippen LogP contribution in [0.25, 0.3) is 10.9 Å². The largest absolute Gasteiger partial charge is 0.478 e. The molecule has 0 saturated heterocycles. The van der Waals surface area contributed by atoms with Crippen molar-refractivity contribution >= 4 is 28.5 Å². The fraction of sp³-hybridized carbons (Fsp3) is 0.167. The molecule has 0 unspecified atom stereocenters. The van der Waals surface area contributed by atoms with Crippen LogP contribution in [0.5, 0.6) is 0 Å². The summed E-state index contributed by atoms with van der Waals surface area (Å²) in [6.07, 6.45) is 0. The predicted molar refractivity (Wildman–Crippen MR) is 63.2 cm³/mol. The molecule has 0 aliphatic heterocycles. The number of hydrogen-bond donors (Lipinski definition) is 1. The molecule has 0 fully saturated rings. The molecule has 82 valence electrons. The van der Waals surface area contributed by atoms with Crippen LogP contribution < -0.4 is 0 Å². The average Bonchev–Trinajstić information content (AvgIpc) is 2.23. The molecule has 0 amide bonds. The molecule has 1 N–H and O–H groups in total. The van der Waals surface area contributed by atoms with Crippen molar-refractivity contribution in [3.63, 3.8) is 0 Å². The first-order valence-corrected chi connectivity index (χ1v) is 5.18. The van der Waals surface area contributed by atoms with Gasteiger partial charge in [-0.2, -0.15) is 0 Å². The zero-order chi connectivity index (χ0) is 11.9. The van der Waals surface area contributed by atoms with Crippen molar-refractivity contribution < 1.29 is 9.90 Å². The summed E-state index contributed by atoms with van der Waals surface area (Å²) in [5.41, 5.74) is 2.37. The number of halogens is 1. The Kier molecular flexibility index (Phi) is 2.56. The van der Waals surface area contributed by atoms with Crippen LogP contribution in [0.15, 0.2) is 18.2 Å². The van der Waals surface area contributed by atoms with Gasteiger partial charge in [-0.25, -0.2) is 4.79 Å². The average molecular weight is 236 g/mol. The highest BCUT2D eigenvalue weighted by Gasteiger charge is 2.11. The van der Waals surface area contributed by atoms with E-state index in [-0.39, 0.29) is 5.56 Å². The van der Waals surface area contributed by atoms with Gasteiger partial charge in [0.2, 0.25) is 0 Å². The molecule has 0 spiro atoms. The smallest absolute Gasteiger partial charge is 0.337 e. The van der Waals surface area contributed by atoms with E-state index >= 15 is 0 Å². The minimum Gasteiger partial charge on any atom is -0.478 e. The molecule has 16 heavy (non-hydrogen) atoms. The number of aromatic nitrogens is 1. The summed E-state index contributed by atoms with van der Waals surface area (Å²) in [4.78, 5) is 15.2. The maximum absolute atomic E-state index is 11.0. The van der Waals surface area contributed by atoms with Gasteiger partial charge in [-0.3, -0.25) is 4.98 Å². The van der Waals surface area contributed by atoms with E-state index in [4.69, 9.17) is 16.7 Å². The standard InChI is InChI=1S/C12H10ClNO2/c1-6-10(13)4-3-8-5-9(12(15)16)7(2)14-11(6)8/h3-5H,1-2H3,(H,15,16). The van der Waals surface area contributed by atoms with E-state index < -0.39 is 5.97 Å². The van der Waals surface area contributed by atoms with Crippen molar-refractivity contribution in [2.24, 2.45) is 0 Å². The van der Waals surface area contributed by atoms with Crippen LogP contribution in [0.2, 0.25) is 5.02 Å². The monoisotopic (exact) mass is 235 g/mol. The van der Waals surface area contributed by atoms with Gasteiger partial charge in [0.1, 0.15) is 0 Å². The maximum Gasteiger partial charge on any atom is 0.337 e. The Labute approximate surface area is 97.7 Å². The van der Waals surface area contributed by atoms with E-state index in [1.165, 1.54) is 0 Å². The summed E-state index contributed by atoms with van der Waals surface area (Å²) < 4.78 is 0. The summed E-state index contributed by atoms with van der Waals surface area (Å²) in [7, 11) is 0. The third kappa shape index (κ3) is 1.63. The fourth-order valence-electron chi connectivity index (χ4n) is 1.67. The molecule has 3 nitrogen and oxygen atoms in total. The van der Waals surface area contributed by atoms with Gasteiger partial charge in [-0.05, 0) is 31.5 Å². The third-order valence-corrected chi connectivity index (χ3v) is 3.01. The first-order valence-electron chi connectivity index (χ1n) is 4.80. The summed E-state index contributed by atoms with van der Waals surface area (Å²) >= 11 is 5.99. The summed E-state index contributed by atoms with van der Waals surface area (Å²) in [6, 6.07) is 5.16. The van der Waals surface area contributed by atoms with Gasteiger partial charge in [-0.15, -0.1) is 0 Å². The Balaban J connectivity index is 2.84. The summed E-state index contributed by atoms with van der Waals surface area (Å²) in [5.74, 6) is -0.959. The lowest BCUT2D eigenvalue weighted by atomic mass is 10.1. The molecule has 1 heterocycles. The Morgan fingerprint density at radius 2 is 2.06 bits per heavy atom. The normalized spacial score (nSPS) is 10.7. The van der Waals surface area contributed by atoms with Crippen LogP contribution >= 0.6 is 11.6 Å². The van der Waals surface area contributed by atoms with Crippen LogP contribution in [-0.2, 0) is 0 Å². The van der Waals surface area contributed by atoms with E-state index in [2.05, 4.69) is 4.98 Å². The van der Waals surface area contributed by atoms with Gasteiger partial charge in [-0.1, -0.05) is 17.7 Å². The quantitative estimate of drug-likeness (QED) is 0.826. The molecule has 0 aliphatic carbocycles. The molecular weight excluding hydrogens is 226 g/mol. The number of rotatable bonds is 1. The lowest BCUT2D eigenvalue weighted by Crippen LogP contribution is -2.02. The van der Waals surface area contributed by atoms with Crippen molar-refractivity contribution in [3.05, 3.63) is 40.0 Å². The number of nitrogens with zero attached hydrogens (tertiary/aromatic N) is 1. The van der Waals surface area contributed by atoms with Gasteiger partial charge in [0.05, 0.1) is 16.8 Å². The molecule has 0 aliphatic rings. The second-order valence-electron chi connectivity index (χ2n) is 3.67. The second-order valence-corrected chi connectivity index (χ2v) is 4.08. The number of carboxylic acids is 1.